The quantitative estimate of drug-likeness (QED) is 0.831. The fourth-order valence-corrected chi connectivity index (χ4v) is 2.14. The lowest BCUT2D eigenvalue weighted by Crippen LogP contribution is -1.98. The third kappa shape index (κ3) is 3.57. The summed E-state index contributed by atoms with van der Waals surface area (Å²) in [6, 6.07) is 8.65. The Kier molecular flexibility index (Phi) is 4.21. The van der Waals surface area contributed by atoms with E-state index < -0.39 is 5.76 Å². The molecule has 0 fully saturated rings. The van der Waals surface area contributed by atoms with E-state index in [0.29, 0.717) is 33.9 Å². The van der Waals surface area contributed by atoms with Gasteiger partial charge in [-0.15, -0.1) is 0 Å². The number of hydrogen-bond acceptors (Lipinski definition) is 4. The second-order valence-corrected chi connectivity index (χ2v) is 4.96. The Hall–Kier alpha value is -1.82. The molecule has 0 aliphatic carbocycles. The maximum Gasteiger partial charge on any atom is 0.288 e. The minimum atomic E-state index is -2.45. The van der Waals surface area contributed by atoms with Crippen molar-refractivity contribution in [2.45, 2.75) is 17.6 Å². The predicted molar refractivity (Wildman–Crippen MR) is 75.0 cm³/mol. The number of thioether (sulfide) groups is 1. The molecule has 19 heavy (non-hydrogen) atoms. The van der Waals surface area contributed by atoms with E-state index in [1.54, 1.807) is 36.5 Å². The van der Waals surface area contributed by atoms with E-state index in [9.17, 15) is 8.78 Å². The number of pyridine rings is 1. The van der Waals surface area contributed by atoms with Crippen LogP contribution in [0.15, 0.2) is 41.4 Å². The molecular weight excluding hydrogens is 268 g/mol. The van der Waals surface area contributed by atoms with E-state index in [1.165, 1.54) is 0 Å². The standard InChI is InChI=1S/C13H13F2N3S/c1-8-6-12(17-7-9(8)16)18-10-4-2-3-5-11(10)19-13(14)15/h2-7,13H,16H2,1H3,(H,17,18). The van der Waals surface area contributed by atoms with Crippen LogP contribution >= 0.6 is 11.8 Å². The van der Waals surface area contributed by atoms with E-state index in [2.05, 4.69) is 10.3 Å². The molecule has 0 spiro atoms. The van der Waals surface area contributed by atoms with Gasteiger partial charge < -0.3 is 11.1 Å². The van der Waals surface area contributed by atoms with Crippen LogP contribution in [0.4, 0.5) is 26.0 Å². The highest BCUT2D eigenvalue weighted by Crippen LogP contribution is 2.33. The van der Waals surface area contributed by atoms with Gasteiger partial charge in [0.25, 0.3) is 5.76 Å². The average molecular weight is 281 g/mol. The largest absolute Gasteiger partial charge is 0.397 e. The molecule has 1 aromatic heterocycles. The number of alkyl halides is 2. The summed E-state index contributed by atoms with van der Waals surface area (Å²) in [6.45, 7) is 1.86. The third-order valence-electron chi connectivity index (χ3n) is 2.52. The first-order chi connectivity index (χ1) is 9.06. The number of nitrogen functional groups attached to an aromatic ring is 1. The summed E-state index contributed by atoms with van der Waals surface area (Å²) < 4.78 is 24.9. The summed E-state index contributed by atoms with van der Waals surface area (Å²) in [6.07, 6.45) is 1.54. The van der Waals surface area contributed by atoms with E-state index in [1.807, 2.05) is 6.92 Å². The fourth-order valence-electron chi connectivity index (χ4n) is 1.54. The van der Waals surface area contributed by atoms with Gasteiger partial charge in [-0.05, 0) is 30.7 Å². The molecule has 0 atom stereocenters. The fraction of sp³-hybridized carbons (Fsp3) is 0.154. The highest BCUT2D eigenvalue weighted by molar-refractivity contribution is 7.99. The first-order valence-corrected chi connectivity index (χ1v) is 6.47. The van der Waals surface area contributed by atoms with Crippen molar-refractivity contribution < 1.29 is 8.78 Å². The van der Waals surface area contributed by atoms with Crippen molar-refractivity contribution in [1.82, 2.24) is 4.98 Å². The summed E-state index contributed by atoms with van der Waals surface area (Å²) >= 11 is 0.503. The number of benzene rings is 1. The number of hydrogen-bond donors (Lipinski definition) is 2. The number of nitrogens with two attached hydrogens (primary N) is 1. The smallest absolute Gasteiger partial charge is 0.288 e. The van der Waals surface area contributed by atoms with Crippen LogP contribution in [0.3, 0.4) is 0 Å². The van der Waals surface area contributed by atoms with Crippen molar-refractivity contribution >= 4 is 29.0 Å². The van der Waals surface area contributed by atoms with Crippen LogP contribution in [0.25, 0.3) is 0 Å². The van der Waals surface area contributed by atoms with Crippen molar-refractivity contribution in [3.05, 3.63) is 42.1 Å². The molecule has 2 rings (SSSR count). The van der Waals surface area contributed by atoms with Gasteiger partial charge in [-0.2, -0.15) is 8.78 Å². The van der Waals surface area contributed by atoms with Gasteiger partial charge in [0.15, 0.2) is 0 Å². The molecule has 1 aromatic carbocycles. The summed E-state index contributed by atoms with van der Waals surface area (Å²) in [7, 11) is 0. The zero-order valence-corrected chi connectivity index (χ0v) is 11.0. The summed E-state index contributed by atoms with van der Waals surface area (Å²) in [5.41, 5.74) is 7.77. The summed E-state index contributed by atoms with van der Waals surface area (Å²) in [5, 5.41) is 3.03. The molecule has 1 heterocycles. The Bertz CT molecular complexity index is 576. The molecule has 3 nitrogen and oxygen atoms in total. The number of nitrogens with one attached hydrogen (secondary N) is 1. The van der Waals surface area contributed by atoms with Gasteiger partial charge in [-0.3, -0.25) is 0 Å². The van der Waals surface area contributed by atoms with E-state index >= 15 is 0 Å². The van der Waals surface area contributed by atoms with Crippen LogP contribution in [0.2, 0.25) is 0 Å². The van der Waals surface area contributed by atoms with Crippen molar-refractivity contribution in [2.24, 2.45) is 0 Å². The lowest BCUT2D eigenvalue weighted by molar-refractivity contribution is 0.252. The van der Waals surface area contributed by atoms with Gasteiger partial charge in [0.05, 0.1) is 17.6 Å². The Balaban J connectivity index is 2.25. The lowest BCUT2D eigenvalue weighted by atomic mass is 10.2. The van der Waals surface area contributed by atoms with Crippen LogP contribution in [0, 0.1) is 6.92 Å². The predicted octanol–water partition coefficient (Wildman–Crippen LogP) is 4.03. The monoisotopic (exact) mass is 281 g/mol. The Labute approximate surface area is 114 Å². The minimum Gasteiger partial charge on any atom is -0.397 e. The molecule has 0 saturated carbocycles. The molecule has 0 amide bonds. The van der Waals surface area contributed by atoms with E-state index in [4.69, 9.17) is 5.73 Å². The number of aryl methyl sites for hydroxylation is 1. The minimum absolute atomic E-state index is 0.480. The lowest BCUT2D eigenvalue weighted by Gasteiger charge is -2.11. The van der Waals surface area contributed by atoms with Crippen LogP contribution in [-0.4, -0.2) is 10.7 Å². The van der Waals surface area contributed by atoms with Crippen molar-refractivity contribution in [3.63, 3.8) is 0 Å². The van der Waals surface area contributed by atoms with Crippen molar-refractivity contribution in [3.8, 4) is 0 Å². The van der Waals surface area contributed by atoms with Gasteiger partial charge >= 0.3 is 0 Å². The van der Waals surface area contributed by atoms with Gasteiger partial charge in [0.1, 0.15) is 5.82 Å². The average Bonchev–Trinajstić information content (AvgIpc) is 2.36. The number of anilines is 3. The highest BCUT2D eigenvalue weighted by atomic mass is 32.2. The van der Waals surface area contributed by atoms with E-state index in [-0.39, 0.29) is 0 Å². The molecule has 0 aliphatic rings. The Morgan fingerprint density at radius 3 is 2.74 bits per heavy atom. The molecule has 0 bridgehead atoms. The molecule has 100 valence electrons. The summed E-state index contributed by atoms with van der Waals surface area (Å²) in [5.74, 6) is -1.88. The van der Waals surface area contributed by atoms with Gasteiger partial charge in [0, 0.05) is 4.90 Å². The molecule has 3 N–H and O–H groups in total. The highest BCUT2D eigenvalue weighted by Gasteiger charge is 2.10. The molecular formula is C13H13F2N3S. The Morgan fingerprint density at radius 2 is 2.05 bits per heavy atom. The molecule has 2 aromatic rings. The second-order valence-electron chi connectivity index (χ2n) is 3.93. The van der Waals surface area contributed by atoms with E-state index in [0.717, 1.165) is 5.56 Å². The number of nitrogens with zero attached hydrogens (tertiary/aromatic N) is 1. The first kappa shape index (κ1) is 13.6. The van der Waals surface area contributed by atoms with Gasteiger partial charge in [-0.1, -0.05) is 23.9 Å². The summed E-state index contributed by atoms with van der Waals surface area (Å²) in [4.78, 5) is 4.60. The maximum absolute atomic E-state index is 12.5. The molecule has 0 aliphatic heterocycles. The van der Waals surface area contributed by atoms with Gasteiger partial charge in [-0.25, -0.2) is 4.98 Å². The zero-order valence-electron chi connectivity index (χ0n) is 10.2. The van der Waals surface area contributed by atoms with Crippen LogP contribution in [0.5, 0.6) is 0 Å². The molecule has 6 heteroatoms. The van der Waals surface area contributed by atoms with Crippen LogP contribution in [0.1, 0.15) is 5.56 Å². The van der Waals surface area contributed by atoms with Crippen molar-refractivity contribution in [2.75, 3.05) is 11.1 Å². The first-order valence-electron chi connectivity index (χ1n) is 5.59. The van der Waals surface area contributed by atoms with Gasteiger partial charge in [0.2, 0.25) is 0 Å². The van der Waals surface area contributed by atoms with Crippen LogP contribution in [-0.2, 0) is 0 Å². The number of halogens is 2. The molecule has 0 radical (unpaired) electrons. The number of rotatable bonds is 4. The normalized spacial score (nSPS) is 10.7. The Morgan fingerprint density at radius 1 is 1.32 bits per heavy atom. The number of para-hydroxylation sites is 1. The SMILES string of the molecule is Cc1cc(Nc2ccccc2SC(F)F)ncc1N. The third-order valence-corrected chi connectivity index (χ3v) is 3.31. The zero-order chi connectivity index (χ0) is 13.8. The molecule has 0 saturated heterocycles. The second kappa shape index (κ2) is 5.88. The number of aromatic nitrogens is 1. The maximum atomic E-state index is 12.5. The van der Waals surface area contributed by atoms with Crippen LogP contribution < -0.4 is 11.1 Å². The van der Waals surface area contributed by atoms with Crippen molar-refractivity contribution in [1.29, 1.82) is 0 Å². The molecule has 0 unspecified atom stereocenters. The topological polar surface area (TPSA) is 50.9 Å².